The zero-order chi connectivity index (χ0) is 25.9. The van der Waals surface area contributed by atoms with E-state index in [-0.39, 0.29) is 11.8 Å². The van der Waals surface area contributed by atoms with E-state index in [2.05, 4.69) is 10.7 Å². The highest BCUT2D eigenvalue weighted by Crippen LogP contribution is 2.42. The van der Waals surface area contributed by atoms with E-state index < -0.39 is 0 Å². The molecule has 37 heavy (non-hydrogen) atoms. The van der Waals surface area contributed by atoms with Gasteiger partial charge < -0.3 is 24.6 Å². The van der Waals surface area contributed by atoms with Crippen LogP contribution in [0.25, 0.3) is 16.5 Å². The molecule has 0 spiro atoms. The number of aromatic hydroxyl groups is 1. The van der Waals surface area contributed by atoms with Crippen LogP contribution in [0.2, 0.25) is 0 Å². The Hall–Kier alpha value is -4.43. The number of nitrogens with zero attached hydrogens (tertiary/aromatic N) is 1. The van der Waals surface area contributed by atoms with E-state index in [0.29, 0.717) is 33.6 Å². The van der Waals surface area contributed by atoms with Crippen molar-refractivity contribution in [3.8, 4) is 23.0 Å². The summed E-state index contributed by atoms with van der Waals surface area (Å²) in [4.78, 5) is 0. The van der Waals surface area contributed by atoms with Gasteiger partial charge in [0.15, 0.2) is 16.6 Å². The Kier molecular flexibility index (Phi) is 6.74. The SMILES string of the molecule is COc1cccc(NC(=S)N2NC(c3ccc4ccccc4c3O)=CC2c2cccc(OC)c2OC)c1. The first kappa shape index (κ1) is 24.3. The summed E-state index contributed by atoms with van der Waals surface area (Å²) in [6.07, 6.45) is 2.01. The highest BCUT2D eigenvalue weighted by atomic mass is 32.1. The summed E-state index contributed by atoms with van der Waals surface area (Å²) in [6, 6.07) is 24.5. The average molecular weight is 514 g/mol. The predicted octanol–water partition coefficient (Wildman–Crippen LogP) is 5.87. The molecule has 0 fully saturated rings. The van der Waals surface area contributed by atoms with Gasteiger partial charge in [0.05, 0.1) is 27.0 Å². The first-order valence-electron chi connectivity index (χ1n) is 11.7. The van der Waals surface area contributed by atoms with Crippen molar-refractivity contribution in [3.05, 3.63) is 96.1 Å². The summed E-state index contributed by atoms with van der Waals surface area (Å²) >= 11 is 5.85. The molecule has 0 aliphatic carbocycles. The zero-order valence-corrected chi connectivity index (χ0v) is 21.5. The molecule has 1 unspecified atom stereocenters. The highest BCUT2D eigenvalue weighted by Gasteiger charge is 2.33. The lowest BCUT2D eigenvalue weighted by Crippen LogP contribution is -2.42. The number of para-hydroxylation sites is 1. The standard InChI is InChI=1S/C29H27N3O4S/c1-34-20-10-6-9-19(16-20)30-29(37)32-25(23-12-7-13-26(35-2)28(23)36-3)17-24(31-32)22-15-14-18-8-4-5-11-21(18)27(22)33/h4-17,25,31,33H,1-3H3,(H,30,37). The Morgan fingerprint density at radius 2 is 1.73 bits per heavy atom. The minimum absolute atomic E-state index is 0.196. The molecular formula is C29H27N3O4S. The summed E-state index contributed by atoms with van der Waals surface area (Å²) in [5.41, 5.74) is 6.41. The first-order chi connectivity index (χ1) is 18.0. The summed E-state index contributed by atoms with van der Waals surface area (Å²) in [6.45, 7) is 0. The number of hydrazine groups is 1. The summed E-state index contributed by atoms with van der Waals surface area (Å²) in [7, 11) is 4.84. The van der Waals surface area contributed by atoms with Crippen molar-refractivity contribution in [2.45, 2.75) is 6.04 Å². The van der Waals surface area contributed by atoms with Gasteiger partial charge in [-0.3, -0.25) is 10.4 Å². The maximum atomic E-state index is 11.2. The Balaban J connectivity index is 1.57. The van der Waals surface area contributed by atoms with Gasteiger partial charge in [0.2, 0.25) is 0 Å². The Morgan fingerprint density at radius 1 is 0.919 bits per heavy atom. The molecule has 0 radical (unpaired) electrons. The van der Waals surface area contributed by atoms with Gasteiger partial charge in [-0.15, -0.1) is 0 Å². The molecule has 1 aliphatic rings. The molecule has 5 rings (SSSR count). The van der Waals surface area contributed by atoms with Crippen LogP contribution in [0.15, 0.2) is 84.9 Å². The second-order valence-corrected chi connectivity index (χ2v) is 8.82. The highest BCUT2D eigenvalue weighted by molar-refractivity contribution is 7.80. The van der Waals surface area contributed by atoms with Gasteiger partial charge in [-0.2, -0.15) is 0 Å². The van der Waals surface area contributed by atoms with Crippen molar-refractivity contribution in [3.63, 3.8) is 0 Å². The van der Waals surface area contributed by atoms with Crippen LogP contribution >= 0.6 is 12.2 Å². The largest absolute Gasteiger partial charge is 0.507 e. The molecule has 8 heteroatoms. The van der Waals surface area contributed by atoms with Crippen LogP contribution in [-0.2, 0) is 0 Å². The number of phenols is 1. The van der Waals surface area contributed by atoms with Crippen molar-refractivity contribution < 1.29 is 19.3 Å². The van der Waals surface area contributed by atoms with Crippen molar-refractivity contribution in [1.82, 2.24) is 10.4 Å². The Bertz CT molecular complexity index is 1500. The molecule has 0 aromatic heterocycles. The monoisotopic (exact) mass is 513 g/mol. The van der Waals surface area contributed by atoms with E-state index >= 15 is 0 Å². The number of nitrogens with one attached hydrogen (secondary N) is 2. The zero-order valence-electron chi connectivity index (χ0n) is 20.7. The van der Waals surface area contributed by atoms with Gasteiger partial charge in [-0.25, -0.2) is 0 Å². The van der Waals surface area contributed by atoms with Crippen LogP contribution in [0.5, 0.6) is 23.0 Å². The molecular weight excluding hydrogens is 486 g/mol. The van der Waals surface area contributed by atoms with E-state index in [0.717, 1.165) is 22.0 Å². The van der Waals surface area contributed by atoms with Gasteiger partial charge in [0.25, 0.3) is 0 Å². The average Bonchev–Trinajstić information content (AvgIpc) is 3.38. The van der Waals surface area contributed by atoms with E-state index in [1.165, 1.54) is 0 Å². The Morgan fingerprint density at radius 3 is 2.51 bits per heavy atom. The number of thiocarbonyl (C=S) groups is 1. The van der Waals surface area contributed by atoms with Gasteiger partial charge in [0, 0.05) is 28.3 Å². The lowest BCUT2D eigenvalue weighted by molar-refractivity contribution is 0.319. The van der Waals surface area contributed by atoms with Crippen LogP contribution in [0.4, 0.5) is 5.69 Å². The van der Waals surface area contributed by atoms with Crippen molar-refractivity contribution >= 4 is 39.5 Å². The van der Waals surface area contributed by atoms with E-state index in [9.17, 15) is 5.11 Å². The fourth-order valence-corrected chi connectivity index (χ4v) is 4.80. The Labute approximate surface area is 220 Å². The first-order valence-corrected chi connectivity index (χ1v) is 12.1. The molecule has 1 heterocycles. The lowest BCUT2D eigenvalue weighted by atomic mass is 10.0. The van der Waals surface area contributed by atoms with Crippen molar-refractivity contribution in [1.29, 1.82) is 0 Å². The number of fused-ring (bicyclic) bond motifs is 1. The number of rotatable bonds is 6. The molecule has 0 saturated heterocycles. The minimum Gasteiger partial charge on any atom is -0.507 e. The quantitative estimate of drug-likeness (QED) is 0.277. The maximum Gasteiger partial charge on any atom is 0.193 e. The molecule has 0 amide bonds. The third-order valence-electron chi connectivity index (χ3n) is 6.33. The van der Waals surface area contributed by atoms with Crippen LogP contribution in [-0.4, -0.2) is 36.6 Å². The molecule has 188 valence electrons. The number of ether oxygens (including phenoxy) is 3. The van der Waals surface area contributed by atoms with Gasteiger partial charge in [-0.05, 0) is 47.9 Å². The lowest BCUT2D eigenvalue weighted by Gasteiger charge is -2.29. The second kappa shape index (κ2) is 10.3. The van der Waals surface area contributed by atoms with Crippen molar-refractivity contribution in [2.75, 3.05) is 26.6 Å². The number of methoxy groups -OCH3 is 3. The number of benzene rings is 4. The molecule has 4 aromatic carbocycles. The number of phenolic OH excluding ortho intramolecular Hbond substituents is 1. The van der Waals surface area contributed by atoms with Crippen LogP contribution in [0.1, 0.15) is 17.2 Å². The fraction of sp³-hybridized carbons (Fsp3) is 0.138. The summed E-state index contributed by atoms with van der Waals surface area (Å²) in [5.74, 6) is 2.13. The smallest absolute Gasteiger partial charge is 0.193 e. The number of anilines is 1. The van der Waals surface area contributed by atoms with Gasteiger partial charge in [-0.1, -0.05) is 48.5 Å². The summed E-state index contributed by atoms with van der Waals surface area (Å²) < 4.78 is 16.6. The fourth-order valence-electron chi connectivity index (χ4n) is 4.53. The molecule has 0 saturated carbocycles. The van der Waals surface area contributed by atoms with E-state index in [4.69, 9.17) is 26.4 Å². The van der Waals surface area contributed by atoms with Crippen LogP contribution in [0, 0.1) is 0 Å². The van der Waals surface area contributed by atoms with Gasteiger partial charge >= 0.3 is 0 Å². The third-order valence-corrected chi connectivity index (χ3v) is 6.62. The van der Waals surface area contributed by atoms with Crippen molar-refractivity contribution in [2.24, 2.45) is 0 Å². The number of hydrogen-bond donors (Lipinski definition) is 3. The molecule has 4 aromatic rings. The normalized spacial score (nSPS) is 14.6. The molecule has 0 bridgehead atoms. The van der Waals surface area contributed by atoms with Crippen LogP contribution < -0.4 is 25.0 Å². The molecule has 3 N–H and O–H groups in total. The van der Waals surface area contributed by atoms with Crippen LogP contribution in [0.3, 0.4) is 0 Å². The summed E-state index contributed by atoms with van der Waals surface area (Å²) in [5, 5.41) is 18.4. The van der Waals surface area contributed by atoms with Gasteiger partial charge in [0.1, 0.15) is 17.5 Å². The predicted molar refractivity (Wildman–Crippen MR) is 150 cm³/mol. The van der Waals surface area contributed by atoms with E-state index in [1.54, 1.807) is 21.3 Å². The topological polar surface area (TPSA) is 75.2 Å². The molecule has 7 nitrogen and oxygen atoms in total. The molecule has 1 atom stereocenters. The van der Waals surface area contributed by atoms with E-state index in [1.807, 2.05) is 89.9 Å². The maximum absolute atomic E-state index is 11.2. The molecule has 1 aliphatic heterocycles. The minimum atomic E-state index is -0.364. The third kappa shape index (κ3) is 4.59. The number of hydrogen-bond acceptors (Lipinski definition) is 6. The second-order valence-electron chi connectivity index (χ2n) is 8.43.